The number of carbonyl (C=O) groups excluding carboxylic acids is 1. The van der Waals surface area contributed by atoms with Crippen LogP contribution in [-0.4, -0.2) is 47.4 Å². The van der Waals surface area contributed by atoms with Gasteiger partial charge in [0.15, 0.2) is 10.9 Å². The van der Waals surface area contributed by atoms with Gasteiger partial charge >= 0.3 is 0 Å². The standard InChI is InChI=1S/C19H18F2N4O3S2/c1-30(27,28)25-8-4-6-15(25)18(26)24(11-13-5-2-3-7-22-13)19-23-17-14(21)9-12(20)10-16(17)29-19/h2-3,5,7,9-10,15H,4,6,8,11H2,1H3. The minimum atomic E-state index is -3.58. The van der Waals surface area contributed by atoms with E-state index in [2.05, 4.69) is 9.97 Å². The van der Waals surface area contributed by atoms with E-state index in [-0.39, 0.29) is 28.4 Å². The summed E-state index contributed by atoms with van der Waals surface area (Å²) in [5.74, 6) is -2.03. The monoisotopic (exact) mass is 452 g/mol. The molecule has 3 heterocycles. The molecule has 0 bridgehead atoms. The fourth-order valence-corrected chi connectivity index (χ4v) is 5.65. The van der Waals surface area contributed by atoms with Crippen molar-refractivity contribution < 1.29 is 22.0 Å². The van der Waals surface area contributed by atoms with E-state index in [1.807, 2.05) is 0 Å². The molecular weight excluding hydrogens is 434 g/mol. The van der Waals surface area contributed by atoms with Crippen molar-refractivity contribution in [2.24, 2.45) is 0 Å². The molecule has 1 atom stereocenters. The summed E-state index contributed by atoms with van der Waals surface area (Å²) in [6.45, 7) is 0.282. The first kappa shape index (κ1) is 20.8. The number of hydrogen-bond acceptors (Lipinski definition) is 6. The third-order valence-electron chi connectivity index (χ3n) is 4.86. The smallest absolute Gasteiger partial charge is 0.247 e. The minimum absolute atomic E-state index is 0.0255. The molecule has 1 fully saturated rings. The van der Waals surface area contributed by atoms with Crippen LogP contribution in [-0.2, 0) is 21.4 Å². The second-order valence-electron chi connectivity index (χ2n) is 7.01. The van der Waals surface area contributed by atoms with Crippen LogP contribution in [0.5, 0.6) is 0 Å². The molecule has 158 valence electrons. The van der Waals surface area contributed by atoms with Gasteiger partial charge in [0.2, 0.25) is 15.9 Å². The fourth-order valence-electron chi connectivity index (χ4n) is 3.52. The van der Waals surface area contributed by atoms with Crippen LogP contribution in [0.1, 0.15) is 18.5 Å². The van der Waals surface area contributed by atoms with E-state index in [9.17, 15) is 22.0 Å². The number of halogens is 2. The number of sulfonamides is 1. The molecular formula is C19H18F2N4O3S2. The van der Waals surface area contributed by atoms with Crippen molar-refractivity contribution >= 4 is 42.6 Å². The number of benzene rings is 1. The molecule has 1 aliphatic rings. The maximum Gasteiger partial charge on any atom is 0.247 e. The van der Waals surface area contributed by atoms with Crippen molar-refractivity contribution in [3.63, 3.8) is 0 Å². The Kier molecular flexibility index (Phi) is 5.51. The number of anilines is 1. The molecule has 1 amide bonds. The SMILES string of the molecule is CS(=O)(=O)N1CCCC1C(=O)N(Cc1ccccn1)c1nc2c(F)cc(F)cc2s1. The molecule has 1 aromatic carbocycles. The topological polar surface area (TPSA) is 83.5 Å². The first-order valence-corrected chi connectivity index (χ1v) is 11.8. The average molecular weight is 453 g/mol. The highest BCUT2D eigenvalue weighted by molar-refractivity contribution is 7.88. The summed E-state index contributed by atoms with van der Waals surface area (Å²) in [7, 11) is -3.58. The van der Waals surface area contributed by atoms with Crippen LogP contribution in [0.2, 0.25) is 0 Å². The second-order valence-corrected chi connectivity index (χ2v) is 9.95. The number of fused-ring (bicyclic) bond motifs is 1. The highest BCUT2D eigenvalue weighted by Crippen LogP contribution is 2.33. The van der Waals surface area contributed by atoms with Crippen molar-refractivity contribution in [2.75, 3.05) is 17.7 Å². The zero-order chi connectivity index (χ0) is 21.5. The quantitative estimate of drug-likeness (QED) is 0.594. The largest absolute Gasteiger partial charge is 0.281 e. The van der Waals surface area contributed by atoms with Gasteiger partial charge in [-0.3, -0.25) is 14.7 Å². The van der Waals surface area contributed by atoms with Crippen LogP contribution in [0, 0.1) is 11.6 Å². The van der Waals surface area contributed by atoms with Gasteiger partial charge in [0.25, 0.3) is 0 Å². The summed E-state index contributed by atoms with van der Waals surface area (Å²) in [5, 5.41) is 0.158. The molecule has 0 saturated carbocycles. The number of carbonyl (C=O) groups is 1. The Hall–Kier alpha value is -2.50. The second kappa shape index (κ2) is 7.97. The van der Waals surface area contributed by atoms with E-state index in [4.69, 9.17) is 0 Å². The molecule has 11 heteroatoms. The van der Waals surface area contributed by atoms with Gasteiger partial charge in [-0.25, -0.2) is 22.2 Å². The Bertz CT molecular complexity index is 1200. The van der Waals surface area contributed by atoms with E-state index >= 15 is 0 Å². The van der Waals surface area contributed by atoms with Crippen LogP contribution in [0.4, 0.5) is 13.9 Å². The first-order valence-electron chi connectivity index (χ1n) is 9.18. The van der Waals surface area contributed by atoms with Crippen molar-refractivity contribution in [2.45, 2.75) is 25.4 Å². The fraction of sp³-hybridized carbons (Fsp3) is 0.316. The lowest BCUT2D eigenvalue weighted by Gasteiger charge is -2.27. The number of thiazole rings is 1. The van der Waals surface area contributed by atoms with E-state index in [1.165, 1.54) is 9.21 Å². The lowest BCUT2D eigenvalue weighted by molar-refractivity contribution is -0.121. The Labute approximate surface area is 176 Å². The normalized spacial score (nSPS) is 17.5. The lowest BCUT2D eigenvalue weighted by atomic mass is 10.2. The van der Waals surface area contributed by atoms with Gasteiger partial charge in [-0.15, -0.1) is 0 Å². The van der Waals surface area contributed by atoms with Crippen LogP contribution in [0.25, 0.3) is 10.2 Å². The molecule has 0 spiro atoms. The van der Waals surface area contributed by atoms with Gasteiger partial charge in [0, 0.05) is 18.8 Å². The molecule has 1 saturated heterocycles. The molecule has 4 rings (SSSR count). The highest BCUT2D eigenvalue weighted by atomic mass is 32.2. The number of nitrogens with zero attached hydrogens (tertiary/aromatic N) is 4. The Morgan fingerprint density at radius 2 is 2.13 bits per heavy atom. The molecule has 3 aromatic rings. The number of amides is 1. The summed E-state index contributed by atoms with van der Waals surface area (Å²) in [5.41, 5.74) is 0.516. The number of aromatic nitrogens is 2. The number of rotatable bonds is 5. The average Bonchev–Trinajstić information content (AvgIpc) is 3.33. The Morgan fingerprint density at radius 1 is 1.33 bits per heavy atom. The zero-order valence-corrected chi connectivity index (χ0v) is 17.6. The predicted octanol–water partition coefficient (Wildman–Crippen LogP) is 2.93. The van der Waals surface area contributed by atoms with Crippen molar-refractivity contribution in [3.8, 4) is 0 Å². The summed E-state index contributed by atoms with van der Waals surface area (Å²) in [6.07, 6.45) is 3.57. The van der Waals surface area contributed by atoms with Gasteiger partial charge in [-0.05, 0) is 31.0 Å². The third-order valence-corrected chi connectivity index (χ3v) is 7.17. The molecule has 2 aromatic heterocycles. The lowest BCUT2D eigenvalue weighted by Crippen LogP contribution is -2.47. The van der Waals surface area contributed by atoms with Crippen molar-refractivity contribution in [3.05, 3.63) is 53.9 Å². The van der Waals surface area contributed by atoms with Crippen LogP contribution in [0.15, 0.2) is 36.5 Å². The maximum atomic E-state index is 14.2. The predicted molar refractivity (Wildman–Crippen MR) is 110 cm³/mol. The van der Waals surface area contributed by atoms with Crippen LogP contribution >= 0.6 is 11.3 Å². The first-order chi connectivity index (χ1) is 14.2. The van der Waals surface area contributed by atoms with E-state index in [0.29, 0.717) is 18.5 Å². The van der Waals surface area contributed by atoms with Crippen LogP contribution < -0.4 is 4.90 Å². The summed E-state index contributed by atoms with van der Waals surface area (Å²) < 4.78 is 53.5. The molecule has 1 aliphatic heterocycles. The summed E-state index contributed by atoms with van der Waals surface area (Å²) in [4.78, 5) is 23.2. The van der Waals surface area contributed by atoms with Crippen molar-refractivity contribution in [1.29, 1.82) is 0 Å². The van der Waals surface area contributed by atoms with Gasteiger partial charge in [0.05, 0.1) is 23.2 Å². The highest BCUT2D eigenvalue weighted by Gasteiger charge is 2.40. The van der Waals surface area contributed by atoms with Gasteiger partial charge in [-0.1, -0.05) is 17.4 Å². The molecule has 0 aliphatic carbocycles. The zero-order valence-electron chi connectivity index (χ0n) is 16.0. The van der Waals surface area contributed by atoms with Crippen molar-refractivity contribution in [1.82, 2.24) is 14.3 Å². The van der Waals surface area contributed by atoms with Crippen LogP contribution in [0.3, 0.4) is 0 Å². The van der Waals surface area contributed by atoms with E-state index < -0.39 is 33.6 Å². The molecule has 30 heavy (non-hydrogen) atoms. The van der Waals surface area contributed by atoms with E-state index in [0.717, 1.165) is 29.7 Å². The molecule has 1 unspecified atom stereocenters. The number of hydrogen-bond donors (Lipinski definition) is 0. The molecule has 0 N–H and O–H groups in total. The van der Waals surface area contributed by atoms with E-state index in [1.54, 1.807) is 24.4 Å². The number of pyridine rings is 1. The third kappa shape index (κ3) is 4.05. The molecule has 0 radical (unpaired) electrons. The van der Waals surface area contributed by atoms with Gasteiger partial charge in [-0.2, -0.15) is 4.31 Å². The maximum absolute atomic E-state index is 14.2. The summed E-state index contributed by atoms with van der Waals surface area (Å²) >= 11 is 0.967. The minimum Gasteiger partial charge on any atom is -0.281 e. The summed E-state index contributed by atoms with van der Waals surface area (Å²) in [6, 6.07) is 6.22. The Morgan fingerprint density at radius 3 is 2.83 bits per heavy atom. The van der Waals surface area contributed by atoms with Gasteiger partial charge < -0.3 is 0 Å². The molecule has 7 nitrogen and oxygen atoms in total. The van der Waals surface area contributed by atoms with Gasteiger partial charge in [0.1, 0.15) is 17.4 Å². The Balaban J connectivity index is 1.77.